The van der Waals surface area contributed by atoms with Gasteiger partial charge < -0.3 is 16.0 Å². The summed E-state index contributed by atoms with van der Waals surface area (Å²) in [7, 11) is 0. The van der Waals surface area contributed by atoms with Gasteiger partial charge in [-0.3, -0.25) is 9.59 Å². The molecule has 2 aliphatic rings. The summed E-state index contributed by atoms with van der Waals surface area (Å²) in [6.45, 7) is 5.06. The molecule has 1 saturated carbocycles. The first-order chi connectivity index (χ1) is 10.6. The molecule has 3 atom stereocenters. The molecule has 0 aromatic carbocycles. The molecule has 0 spiro atoms. The van der Waals surface area contributed by atoms with Crippen molar-refractivity contribution in [2.45, 2.75) is 83.3 Å². The van der Waals surface area contributed by atoms with E-state index in [-0.39, 0.29) is 29.8 Å². The van der Waals surface area contributed by atoms with Crippen LogP contribution in [0.3, 0.4) is 0 Å². The van der Waals surface area contributed by atoms with E-state index in [1.54, 1.807) is 0 Å². The molecule has 2 rings (SSSR count). The lowest BCUT2D eigenvalue weighted by Gasteiger charge is -2.31. The van der Waals surface area contributed by atoms with Gasteiger partial charge in [0.15, 0.2) is 0 Å². The summed E-state index contributed by atoms with van der Waals surface area (Å²) in [5.74, 6) is 0.325. The van der Waals surface area contributed by atoms with Gasteiger partial charge in [-0.2, -0.15) is 0 Å². The topological polar surface area (TPSA) is 70.2 Å². The number of amides is 2. The van der Waals surface area contributed by atoms with Gasteiger partial charge in [-0.25, -0.2) is 0 Å². The number of nitrogens with one attached hydrogen (secondary N) is 3. The van der Waals surface area contributed by atoms with E-state index in [9.17, 15) is 9.59 Å². The molecule has 1 saturated heterocycles. The highest BCUT2D eigenvalue weighted by atomic mass is 16.2. The summed E-state index contributed by atoms with van der Waals surface area (Å²) in [6.07, 6.45) is 8.04. The Kier molecular flexibility index (Phi) is 6.68. The molecule has 1 aliphatic heterocycles. The van der Waals surface area contributed by atoms with E-state index in [4.69, 9.17) is 0 Å². The van der Waals surface area contributed by atoms with Gasteiger partial charge in [0.05, 0.1) is 0 Å². The molecule has 0 bridgehead atoms. The van der Waals surface area contributed by atoms with Gasteiger partial charge in [-0.15, -0.1) is 0 Å². The van der Waals surface area contributed by atoms with Crippen LogP contribution < -0.4 is 16.0 Å². The van der Waals surface area contributed by atoms with Crippen molar-refractivity contribution in [3.63, 3.8) is 0 Å². The largest absolute Gasteiger partial charge is 0.353 e. The molecule has 1 aliphatic carbocycles. The fraction of sp³-hybridized carbons (Fsp3) is 0.882. The summed E-state index contributed by atoms with van der Waals surface area (Å²) in [5, 5.41) is 9.49. The van der Waals surface area contributed by atoms with Crippen LogP contribution in [0.5, 0.6) is 0 Å². The van der Waals surface area contributed by atoms with Crippen LogP contribution in [0.25, 0.3) is 0 Å². The van der Waals surface area contributed by atoms with Gasteiger partial charge in [0, 0.05) is 30.5 Å². The summed E-state index contributed by atoms with van der Waals surface area (Å²) >= 11 is 0. The highest BCUT2D eigenvalue weighted by Crippen LogP contribution is 2.23. The van der Waals surface area contributed by atoms with Crippen molar-refractivity contribution >= 4 is 11.8 Å². The second-order valence-electron chi connectivity index (χ2n) is 7.01. The average molecular weight is 309 g/mol. The predicted molar refractivity (Wildman–Crippen MR) is 87.4 cm³/mol. The SMILES string of the molecule is CC(CC(=O)NC1CCCNC1C)NC(=O)C1CCCCC1. The molecule has 2 amide bonds. The standard InChI is InChI=1S/C17H31N3O2/c1-12(19-17(22)14-7-4-3-5-8-14)11-16(21)20-15-9-6-10-18-13(15)2/h12-15,18H,3-11H2,1-2H3,(H,19,22)(H,20,21). The van der Waals surface area contributed by atoms with Gasteiger partial charge >= 0.3 is 0 Å². The molecule has 5 nitrogen and oxygen atoms in total. The lowest BCUT2D eigenvalue weighted by molar-refractivity contribution is -0.127. The molecule has 5 heteroatoms. The summed E-state index contributed by atoms with van der Waals surface area (Å²) in [6, 6.07) is 0.439. The van der Waals surface area contributed by atoms with Crippen LogP contribution in [0.4, 0.5) is 0 Å². The highest BCUT2D eigenvalue weighted by Gasteiger charge is 2.25. The summed E-state index contributed by atoms with van der Waals surface area (Å²) in [5.41, 5.74) is 0. The van der Waals surface area contributed by atoms with Crippen molar-refractivity contribution < 1.29 is 9.59 Å². The Morgan fingerprint density at radius 1 is 1.14 bits per heavy atom. The van der Waals surface area contributed by atoms with Gasteiger partial charge in [-0.05, 0) is 46.1 Å². The molecule has 3 N–H and O–H groups in total. The zero-order valence-electron chi connectivity index (χ0n) is 14.0. The molecule has 0 radical (unpaired) electrons. The first-order valence-corrected chi connectivity index (χ1v) is 8.89. The molecule has 2 fully saturated rings. The van der Waals surface area contributed by atoms with E-state index in [0.29, 0.717) is 12.5 Å². The molecular weight excluding hydrogens is 278 g/mol. The third kappa shape index (κ3) is 5.27. The fourth-order valence-corrected chi connectivity index (χ4v) is 3.56. The second-order valence-corrected chi connectivity index (χ2v) is 7.01. The highest BCUT2D eigenvalue weighted by molar-refractivity contribution is 5.81. The van der Waals surface area contributed by atoms with E-state index in [0.717, 1.165) is 45.1 Å². The maximum absolute atomic E-state index is 12.2. The van der Waals surface area contributed by atoms with Gasteiger partial charge in [-0.1, -0.05) is 19.3 Å². The quantitative estimate of drug-likeness (QED) is 0.724. The lowest BCUT2D eigenvalue weighted by atomic mass is 9.88. The number of hydrogen-bond donors (Lipinski definition) is 3. The molecule has 1 heterocycles. The first-order valence-electron chi connectivity index (χ1n) is 8.89. The lowest BCUT2D eigenvalue weighted by Crippen LogP contribution is -2.52. The smallest absolute Gasteiger partial charge is 0.223 e. The summed E-state index contributed by atoms with van der Waals surface area (Å²) < 4.78 is 0. The Balaban J connectivity index is 1.70. The molecule has 3 unspecified atom stereocenters. The van der Waals surface area contributed by atoms with E-state index in [2.05, 4.69) is 22.9 Å². The van der Waals surface area contributed by atoms with Crippen LogP contribution in [0.15, 0.2) is 0 Å². The van der Waals surface area contributed by atoms with E-state index in [1.807, 2.05) is 6.92 Å². The molecular formula is C17H31N3O2. The van der Waals surface area contributed by atoms with Crippen molar-refractivity contribution in [2.75, 3.05) is 6.54 Å². The van der Waals surface area contributed by atoms with Gasteiger partial charge in [0.25, 0.3) is 0 Å². The summed E-state index contributed by atoms with van der Waals surface area (Å²) in [4.78, 5) is 24.3. The third-order valence-corrected chi connectivity index (χ3v) is 4.96. The maximum Gasteiger partial charge on any atom is 0.223 e. The zero-order valence-corrected chi connectivity index (χ0v) is 14.0. The Morgan fingerprint density at radius 3 is 2.55 bits per heavy atom. The maximum atomic E-state index is 12.2. The third-order valence-electron chi connectivity index (χ3n) is 4.96. The van der Waals surface area contributed by atoms with E-state index >= 15 is 0 Å². The number of carbonyl (C=O) groups excluding carboxylic acids is 2. The number of carbonyl (C=O) groups is 2. The monoisotopic (exact) mass is 309 g/mol. The normalized spacial score (nSPS) is 27.9. The van der Waals surface area contributed by atoms with Gasteiger partial charge in [0.1, 0.15) is 0 Å². The number of piperidine rings is 1. The first kappa shape index (κ1) is 17.3. The Hall–Kier alpha value is -1.10. The van der Waals surface area contributed by atoms with E-state index in [1.165, 1.54) is 6.42 Å². The number of hydrogen-bond acceptors (Lipinski definition) is 3. The fourth-order valence-electron chi connectivity index (χ4n) is 3.56. The number of rotatable bonds is 5. The van der Waals surface area contributed by atoms with Crippen LogP contribution in [-0.2, 0) is 9.59 Å². The minimum atomic E-state index is -0.0960. The predicted octanol–water partition coefficient (Wildman–Crippen LogP) is 1.72. The van der Waals surface area contributed by atoms with Crippen LogP contribution in [0, 0.1) is 5.92 Å². The van der Waals surface area contributed by atoms with Crippen molar-refractivity contribution in [3.8, 4) is 0 Å². The van der Waals surface area contributed by atoms with E-state index < -0.39 is 0 Å². The molecule has 126 valence electrons. The molecule has 0 aromatic heterocycles. The molecule has 0 aromatic rings. The van der Waals surface area contributed by atoms with Crippen molar-refractivity contribution in [1.82, 2.24) is 16.0 Å². The zero-order chi connectivity index (χ0) is 15.9. The van der Waals surface area contributed by atoms with Crippen LogP contribution in [0.1, 0.15) is 65.2 Å². The van der Waals surface area contributed by atoms with Crippen molar-refractivity contribution in [1.29, 1.82) is 0 Å². The molecule has 22 heavy (non-hydrogen) atoms. The Labute approximate surface area is 134 Å². The Morgan fingerprint density at radius 2 is 1.86 bits per heavy atom. The Bertz CT molecular complexity index is 380. The minimum Gasteiger partial charge on any atom is -0.353 e. The van der Waals surface area contributed by atoms with Crippen molar-refractivity contribution in [2.24, 2.45) is 5.92 Å². The average Bonchev–Trinajstić information content (AvgIpc) is 2.50. The van der Waals surface area contributed by atoms with Crippen LogP contribution in [-0.4, -0.2) is 36.5 Å². The van der Waals surface area contributed by atoms with Crippen LogP contribution in [0.2, 0.25) is 0 Å². The minimum absolute atomic E-state index is 0.0389. The van der Waals surface area contributed by atoms with Gasteiger partial charge in [0.2, 0.25) is 11.8 Å². The second kappa shape index (κ2) is 8.51. The van der Waals surface area contributed by atoms with Crippen molar-refractivity contribution in [3.05, 3.63) is 0 Å². The van der Waals surface area contributed by atoms with Crippen LogP contribution >= 0.6 is 0 Å².